The average Bonchev–Trinajstić information content (AvgIpc) is 3.17. The largest absolute Gasteiger partial charge is 0.324 e. The van der Waals surface area contributed by atoms with Crippen molar-refractivity contribution in [2.24, 2.45) is 5.92 Å². The number of fused-ring (bicyclic) bond motifs is 1. The predicted octanol–water partition coefficient (Wildman–Crippen LogP) is 4.55. The highest BCUT2D eigenvalue weighted by atomic mass is 32.2. The standard InChI is InChI=1S/C26H32N6O2S/c1-6-26-28-14-21(15-29-26)25(13-18(2)3)31(5)35(33,34)22-9-7-20(8-10-22)17-32-19(4)30-23-16-27-12-11-24(23)32/h7-12,14-16,18,25H,6,13,17H2,1-5H3. The van der Waals surface area contributed by atoms with Gasteiger partial charge >= 0.3 is 0 Å². The van der Waals surface area contributed by atoms with Gasteiger partial charge in [-0.15, -0.1) is 0 Å². The third kappa shape index (κ3) is 5.26. The van der Waals surface area contributed by atoms with Crippen LogP contribution < -0.4 is 0 Å². The fraction of sp³-hybridized carbons (Fsp3) is 0.385. The van der Waals surface area contributed by atoms with E-state index in [-0.39, 0.29) is 10.9 Å². The summed E-state index contributed by atoms with van der Waals surface area (Å²) in [7, 11) is -2.08. The minimum atomic E-state index is -3.72. The number of pyridine rings is 1. The number of imidazole rings is 1. The topological polar surface area (TPSA) is 93.9 Å². The Balaban J connectivity index is 1.59. The lowest BCUT2D eigenvalue weighted by atomic mass is 9.99. The molecule has 0 amide bonds. The zero-order valence-electron chi connectivity index (χ0n) is 20.9. The zero-order chi connectivity index (χ0) is 25.2. The molecule has 0 aliphatic heterocycles. The highest BCUT2D eigenvalue weighted by Gasteiger charge is 2.30. The highest BCUT2D eigenvalue weighted by molar-refractivity contribution is 7.89. The van der Waals surface area contributed by atoms with Gasteiger partial charge < -0.3 is 4.57 Å². The van der Waals surface area contributed by atoms with Crippen molar-refractivity contribution in [3.8, 4) is 0 Å². The third-order valence-corrected chi connectivity index (χ3v) is 8.12. The molecule has 3 heterocycles. The molecular formula is C26H32N6O2S. The fourth-order valence-electron chi connectivity index (χ4n) is 4.25. The molecule has 35 heavy (non-hydrogen) atoms. The molecule has 9 heteroatoms. The van der Waals surface area contributed by atoms with E-state index < -0.39 is 10.0 Å². The van der Waals surface area contributed by atoms with E-state index in [0.717, 1.165) is 40.2 Å². The molecule has 4 rings (SSSR count). The number of aromatic nitrogens is 5. The maximum atomic E-state index is 13.6. The van der Waals surface area contributed by atoms with Crippen LogP contribution in [0.5, 0.6) is 0 Å². The van der Waals surface area contributed by atoms with Gasteiger partial charge in [0.05, 0.1) is 22.7 Å². The molecule has 1 atom stereocenters. The molecule has 0 N–H and O–H groups in total. The first-order chi connectivity index (χ1) is 16.7. The van der Waals surface area contributed by atoms with Crippen molar-refractivity contribution in [1.29, 1.82) is 0 Å². The van der Waals surface area contributed by atoms with Gasteiger partial charge in [-0.1, -0.05) is 32.9 Å². The van der Waals surface area contributed by atoms with Gasteiger partial charge in [-0.25, -0.2) is 23.4 Å². The Morgan fingerprint density at radius 1 is 1.03 bits per heavy atom. The van der Waals surface area contributed by atoms with E-state index in [0.29, 0.717) is 18.9 Å². The fourth-order valence-corrected chi connectivity index (χ4v) is 5.60. The molecule has 3 aromatic heterocycles. The van der Waals surface area contributed by atoms with Gasteiger partial charge in [0.2, 0.25) is 10.0 Å². The molecule has 1 aromatic carbocycles. The van der Waals surface area contributed by atoms with E-state index >= 15 is 0 Å². The number of hydrogen-bond donors (Lipinski definition) is 0. The molecule has 0 spiro atoms. The van der Waals surface area contributed by atoms with Crippen LogP contribution in [-0.4, -0.2) is 44.3 Å². The number of aryl methyl sites for hydroxylation is 2. The molecular weight excluding hydrogens is 460 g/mol. The second kappa shape index (κ2) is 10.2. The smallest absolute Gasteiger partial charge is 0.243 e. The van der Waals surface area contributed by atoms with Crippen molar-refractivity contribution in [3.63, 3.8) is 0 Å². The minimum absolute atomic E-state index is 0.264. The number of nitrogens with zero attached hydrogens (tertiary/aromatic N) is 6. The Hall–Kier alpha value is -3.17. The maximum absolute atomic E-state index is 13.6. The van der Waals surface area contributed by atoms with Crippen LogP contribution in [0.3, 0.4) is 0 Å². The second-order valence-corrected chi connectivity index (χ2v) is 11.2. The third-order valence-electron chi connectivity index (χ3n) is 6.24. The molecule has 0 aliphatic rings. The zero-order valence-corrected chi connectivity index (χ0v) is 21.7. The van der Waals surface area contributed by atoms with Crippen LogP contribution in [-0.2, 0) is 23.0 Å². The van der Waals surface area contributed by atoms with Crippen molar-refractivity contribution in [2.75, 3.05) is 7.05 Å². The molecule has 0 aliphatic carbocycles. The van der Waals surface area contributed by atoms with Gasteiger partial charge in [0, 0.05) is 44.2 Å². The number of hydrogen-bond acceptors (Lipinski definition) is 6. The van der Waals surface area contributed by atoms with E-state index in [2.05, 4.69) is 38.4 Å². The van der Waals surface area contributed by atoms with Crippen molar-refractivity contribution >= 4 is 21.1 Å². The summed E-state index contributed by atoms with van der Waals surface area (Å²) in [4.78, 5) is 17.7. The second-order valence-electron chi connectivity index (χ2n) is 9.21. The lowest BCUT2D eigenvalue weighted by Gasteiger charge is -2.29. The lowest BCUT2D eigenvalue weighted by Crippen LogP contribution is -2.32. The minimum Gasteiger partial charge on any atom is -0.324 e. The summed E-state index contributed by atoms with van der Waals surface area (Å²) < 4.78 is 30.7. The first-order valence-electron chi connectivity index (χ1n) is 11.8. The first kappa shape index (κ1) is 24.9. The molecule has 1 unspecified atom stereocenters. The van der Waals surface area contributed by atoms with Gasteiger partial charge in [-0.05, 0) is 43.0 Å². The normalized spacial score (nSPS) is 13.1. The van der Waals surface area contributed by atoms with E-state index in [1.807, 2.05) is 32.0 Å². The number of sulfonamides is 1. The molecule has 8 nitrogen and oxygen atoms in total. The SMILES string of the molecule is CCc1ncc(C(CC(C)C)N(C)S(=O)(=O)c2ccc(Cn3c(C)nc4cnccc43)cc2)cn1. The van der Waals surface area contributed by atoms with E-state index in [1.165, 1.54) is 4.31 Å². The first-order valence-corrected chi connectivity index (χ1v) is 13.3. The summed E-state index contributed by atoms with van der Waals surface area (Å²) in [5, 5.41) is 0. The van der Waals surface area contributed by atoms with Gasteiger partial charge in [0.1, 0.15) is 17.2 Å². The molecule has 4 aromatic rings. The molecule has 0 saturated heterocycles. The van der Waals surface area contributed by atoms with Crippen LogP contribution in [0.15, 0.2) is 60.0 Å². The Morgan fingerprint density at radius 2 is 1.71 bits per heavy atom. The van der Waals surface area contributed by atoms with Crippen molar-refractivity contribution in [3.05, 3.63) is 77.9 Å². The number of benzene rings is 1. The van der Waals surface area contributed by atoms with Crippen molar-refractivity contribution < 1.29 is 8.42 Å². The van der Waals surface area contributed by atoms with Crippen molar-refractivity contribution in [1.82, 2.24) is 28.8 Å². The summed E-state index contributed by atoms with van der Waals surface area (Å²) in [5.74, 6) is 1.93. The molecule has 0 radical (unpaired) electrons. The van der Waals surface area contributed by atoms with Crippen LogP contribution in [0.1, 0.15) is 56.0 Å². The van der Waals surface area contributed by atoms with E-state index in [1.54, 1.807) is 44.0 Å². The lowest BCUT2D eigenvalue weighted by molar-refractivity contribution is 0.322. The van der Waals surface area contributed by atoms with Crippen molar-refractivity contribution in [2.45, 2.75) is 58.0 Å². The number of rotatable bonds is 9. The Labute approximate surface area is 207 Å². The Morgan fingerprint density at radius 3 is 2.34 bits per heavy atom. The summed E-state index contributed by atoms with van der Waals surface area (Å²) in [6, 6.07) is 8.68. The van der Waals surface area contributed by atoms with E-state index in [9.17, 15) is 8.42 Å². The van der Waals surface area contributed by atoms with E-state index in [4.69, 9.17) is 0 Å². The van der Waals surface area contributed by atoms with Crippen LogP contribution >= 0.6 is 0 Å². The van der Waals surface area contributed by atoms with Gasteiger partial charge in [0.25, 0.3) is 0 Å². The highest BCUT2D eigenvalue weighted by Crippen LogP contribution is 2.31. The maximum Gasteiger partial charge on any atom is 0.243 e. The average molecular weight is 493 g/mol. The quantitative estimate of drug-likeness (QED) is 0.340. The molecule has 0 fully saturated rings. The van der Waals surface area contributed by atoms with Crippen LogP contribution in [0.4, 0.5) is 0 Å². The summed E-state index contributed by atoms with van der Waals surface area (Å²) in [6.45, 7) is 8.72. The van der Waals surface area contributed by atoms with Gasteiger partial charge in [-0.3, -0.25) is 4.98 Å². The summed E-state index contributed by atoms with van der Waals surface area (Å²) in [5.41, 5.74) is 3.64. The van der Waals surface area contributed by atoms with Crippen LogP contribution in [0.2, 0.25) is 0 Å². The summed E-state index contributed by atoms with van der Waals surface area (Å²) >= 11 is 0. The van der Waals surface area contributed by atoms with Gasteiger partial charge in [0.15, 0.2) is 0 Å². The predicted molar refractivity (Wildman–Crippen MR) is 136 cm³/mol. The Kier molecular flexibility index (Phi) is 7.28. The van der Waals surface area contributed by atoms with Crippen LogP contribution in [0, 0.1) is 12.8 Å². The molecule has 0 saturated carbocycles. The summed E-state index contributed by atoms with van der Waals surface area (Å²) in [6.07, 6.45) is 8.41. The Bertz CT molecular complexity index is 1400. The van der Waals surface area contributed by atoms with Crippen LogP contribution in [0.25, 0.3) is 11.0 Å². The molecule has 0 bridgehead atoms. The van der Waals surface area contributed by atoms with Gasteiger partial charge in [-0.2, -0.15) is 4.31 Å². The molecule has 184 valence electrons. The monoisotopic (exact) mass is 492 g/mol.